The number of carbonyl (C=O) groups excluding carboxylic acids is 2. The number of nitrogens with one attached hydrogen (secondary N) is 1. The van der Waals surface area contributed by atoms with E-state index in [4.69, 9.17) is 32.7 Å². The first kappa shape index (κ1) is 27.8. The summed E-state index contributed by atoms with van der Waals surface area (Å²) >= 11 is 14.8. The Labute approximate surface area is 243 Å². The first-order valence-corrected chi connectivity index (χ1v) is 13.9. The van der Waals surface area contributed by atoms with Crippen molar-refractivity contribution in [1.29, 1.82) is 5.26 Å². The fourth-order valence-electron chi connectivity index (χ4n) is 4.87. The van der Waals surface area contributed by atoms with Gasteiger partial charge < -0.3 is 24.4 Å². The van der Waals surface area contributed by atoms with E-state index < -0.39 is 23.8 Å². The van der Waals surface area contributed by atoms with Crippen molar-refractivity contribution in [3.8, 4) is 22.9 Å². The van der Waals surface area contributed by atoms with Crippen molar-refractivity contribution in [1.82, 2.24) is 9.80 Å². The molecule has 40 heavy (non-hydrogen) atoms. The maximum atomic E-state index is 13.5. The van der Waals surface area contributed by atoms with Crippen LogP contribution < -0.4 is 10.1 Å². The molecule has 1 aromatic heterocycles. The molecule has 0 radical (unpaired) electrons. The molecular formula is C27H24Cl2N4O6S. The number of anilines is 1. The van der Waals surface area contributed by atoms with Gasteiger partial charge in [0.15, 0.2) is 5.75 Å². The number of hydrogen-bond acceptors (Lipinski definition) is 7. The summed E-state index contributed by atoms with van der Waals surface area (Å²) in [4.78, 5) is 40.3. The number of benzene rings is 2. The van der Waals surface area contributed by atoms with Gasteiger partial charge in [-0.15, -0.1) is 11.3 Å². The molecule has 1 saturated heterocycles. The summed E-state index contributed by atoms with van der Waals surface area (Å²) in [5.74, 6) is -0.214. The van der Waals surface area contributed by atoms with Gasteiger partial charge in [0.05, 0.1) is 27.2 Å². The molecule has 3 aromatic rings. The third-order valence-corrected chi connectivity index (χ3v) is 8.28. The third-order valence-electron chi connectivity index (χ3n) is 6.55. The zero-order valence-corrected chi connectivity index (χ0v) is 24.0. The Balaban J connectivity index is 1.59. The number of fused-ring (bicyclic) bond motifs is 3. The lowest BCUT2D eigenvalue weighted by molar-refractivity contribution is 0.0390. The van der Waals surface area contributed by atoms with E-state index in [0.717, 1.165) is 0 Å². The van der Waals surface area contributed by atoms with Gasteiger partial charge in [0.25, 0.3) is 5.91 Å². The molecule has 3 heterocycles. The van der Waals surface area contributed by atoms with Gasteiger partial charge in [-0.3, -0.25) is 10.1 Å². The van der Waals surface area contributed by atoms with Crippen LogP contribution in [0, 0.1) is 11.3 Å². The van der Waals surface area contributed by atoms with Crippen LogP contribution in [0.1, 0.15) is 36.7 Å². The molecule has 1 fully saturated rings. The van der Waals surface area contributed by atoms with Crippen LogP contribution in [-0.2, 0) is 4.74 Å². The fraction of sp³-hybridized carbons (Fsp3) is 0.333. The zero-order valence-electron chi connectivity index (χ0n) is 21.7. The van der Waals surface area contributed by atoms with Gasteiger partial charge in [-0.25, -0.2) is 9.59 Å². The molecular weight excluding hydrogens is 579 g/mol. The Hall–Kier alpha value is -3.72. The van der Waals surface area contributed by atoms with Crippen molar-refractivity contribution in [2.75, 3.05) is 31.6 Å². The number of piperazine rings is 1. The largest absolute Gasteiger partial charge is 0.489 e. The molecule has 3 amide bonds. The second-order valence-electron chi connectivity index (χ2n) is 10.3. The number of carbonyl (C=O) groups is 3. The Morgan fingerprint density at radius 3 is 2.67 bits per heavy atom. The van der Waals surface area contributed by atoms with Crippen LogP contribution in [0.5, 0.6) is 5.75 Å². The minimum absolute atomic E-state index is 0.0410. The highest BCUT2D eigenvalue weighted by Crippen LogP contribution is 2.49. The summed E-state index contributed by atoms with van der Waals surface area (Å²) in [6, 6.07) is 8.50. The van der Waals surface area contributed by atoms with Crippen molar-refractivity contribution in [2.45, 2.75) is 32.4 Å². The summed E-state index contributed by atoms with van der Waals surface area (Å²) in [6.45, 7) is 5.77. The normalized spacial score (nSPS) is 16.9. The summed E-state index contributed by atoms with van der Waals surface area (Å²) in [7, 11) is 0. The van der Waals surface area contributed by atoms with E-state index in [9.17, 15) is 24.8 Å². The predicted molar refractivity (Wildman–Crippen MR) is 152 cm³/mol. The zero-order chi connectivity index (χ0) is 28.9. The molecule has 2 aliphatic heterocycles. The number of hydrogen-bond donors (Lipinski definition) is 2. The molecule has 13 heteroatoms. The van der Waals surface area contributed by atoms with E-state index in [2.05, 4.69) is 11.4 Å². The quantitative estimate of drug-likeness (QED) is 0.352. The molecule has 0 saturated carbocycles. The average Bonchev–Trinajstić information content (AvgIpc) is 3.16. The Kier molecular flexibility index (Phi) is 7.20. The second kappa shape index (κ2) is 10.4. The number of nitriles is 1. The smallest absolute Gasteiger partial charge is 0.412 e. The second-order valence-corrected chi connectivity index (χ2v) is 12.2. The third kappa shape index (κ3) is 4.98. The van der Waals surface area contributed by atoms with Gasteiger partial charge >= 0.3 is 12.2 Å². The van der Waals surface area contributed by atoms with Crippen molar-refractivity contribution < 1.29 is 29.0 Å². The molecule has 208 valence electrons. The highest BCUT2D eigenvalue weighted by Gasteiger charge is 2.38. The highest BCUT2D eigenvalue weighted by atomic mass is 35.5. The number of halogens is 2. The SMILES string of the molecule is CC(C)(C)OC(=O)Nc1sc2cccc(-c3c(Cl)cc4c(c3Cl)OC[C@H]3CN(C(=O)O)CCN3C4=O)c2c1C#N. The number of rotatable bonds is 2. The molecule has 0 spiro atoms. The highest BCUT2D eigenvalue weighted by molar-refractivity contribution is 7.23. The van der Waals surface area contributed by atoms with Crippen LogP contribution in [0.4, 0.5) is 14.6 Å². The monoisotopic (exact) mass is 602 g/mol. The maximum Gasteiger partial charge on any atom is 0.412 e. The van der Waals surface area contributed by atoms with Crippen LogP contribution in [0.2, 0.25) is 10.0 Å². The molecule has 2 N–H and O–H groups in total. The minimum atomic E-state index is -1.06. The van der Waals surface area contributed by atoms with Gasteiger partial charge in [0.1, 0.15) is 23.3 Å². The molecule has 0 unspecified atom stereocenters. The Bertz CT molecular complexity index is 1610. The van der Waals surface area contributed by atoms with Crippen LogP contribution in [0.25, 0.3) is 21.2 Å². The van der Waals surface area contributed by atoms with Gasteiger partial charge in [0, 0.05) is 35.3 Å². The Morgan fingerprint density at radius 1 is 1.25 bits per heavy atom. The lowest BCUT2D eigenvalue weighted by Crippen LogP contribution is -2.57. The van der Waals surface area contributed by atoms with Crippen LogP contribution >= 0.6 is 34.5 Å². The van der Waals surface area contributed by atoms with Crippen LogP contribution in [-0.4, -0.2) is 70.9 Å². The van der Waals surface area contributed by atoms with Crippen molar-refractivity contribution in [2.24, 2.45) is 0 Å². The summed E-state index contributed by atoms with van der Waals surface area (Å²) < 4.78 is 12.1. The van der Waals surface area contributed by atoms with Crippen LogP contribution in [0.15, 0.2) is 24.3 Å². The molecule has 5 rings (SSSR count). The Morgan fingerprint density at radius 2 is 2.00 bits per heavy atom. The van der Waals surface area contributed by atoms with Gasteiger partial charge in [-0.05, 0) is 38.5 Å². The molecule has 0 bridgehead atoms. The summed E-state index contributed by atoms with van der Waals surface area (Å²) in [5, 5.41) is 23.3. The molecule has 2 aromatic carbocycles. The van der Waals surface area contributed by atoms with Crippen LogP contribution in [0.3, 0.4) is 0 Å². The van der Waals surface area contributed by atoms with Crippen molar-refractivity contribution in [3.63, 3.8) is 0 Å². The molecule has 2 aliphatic rings. The predicted octanol–water partition coefficient (Wildman–Crippen LogP) is 6.29. The first-order valence-electron chi connectivity index (χ1n) is 12.3. The van der Waals surface area contributed by atoms with E-state index in [1.807, 2.05) is 6.07 Å². The standard InChI is InChI=1S/C27H24Cl2N4O6S/c1-27(2,3)39-25(35)31-23-16(10-30)19-14(5-4-6-18(19)40-23)20-17(28)9-15-22(21(20)29)38-12-13-11-32(26(36)37)7-8-33(13)24(15)34/h4-6,9,13H,7-8,11-12H2,1-3H3,(H,31,35)(H,36,37)/t13-/m1/s1. The molecule has 10 nitrogen and oxygen atoms in total. The number of amides is 3. The lowest BCUT2D eigenvalue weighted by Gasteiger charge is -2.38. The van der Waals surface area contributed by atoms with Gasteiger partial charge in [-0.1, -0.05) is 35.3 Å². The fourth-order valence-corrected chi connectivity index (χ4v) is 6.65. The van der Waals surface area contributed by atoms with E-state index >= 15 is 0 Å². The lowest BCUT2D eigenvalue weighted by atomic mass is 9.97. The number of carboxylic acid groups (broad SMARTS) is 1. The number of thiophene rings is 1. The summed E-state index contributed by atoms with van der Waals surface area (Å²) in [6.07, 6.45) is -1.75. The van der Waals surface area contributed by atoms with E-state index in [-0.39, 0.29) is 59.1 Å². The average molecular weight is 603 g/mol. The maximum absolute atomic E-state index is 13.5. The topological polar surface area (TPSA) is 132 Å². The molecule has 0 aliphatic carbocycles. The number of ether oxygens (including phenoxy) is 2. The van der Waals surface area contributed by atoms with E-state index in [1.165, 1.54) is 22.3 Å². The van der Waals surface area contributed by atoms with Gasteiger partial charge in [-0.2, -0.15) is 5.26 Å². The van der Waals surface area contributed by atoms with Crippen molar-refractivity contribution >= 4 is 67.7 Å². The van der Waals surface area contributed by atoms with Crippen molar-refractivity contribution in [3.05, 3.63) is 45.4 Å². The van der Waals surface area contributed by atoms with Gasteiger partial charge in [0.2, 0.25) is 0 Å². The summed E-state index contributed by atoms with van der Waals surface area (Å²) in [5.41, 5.74) is 0.557. The first-order chi connectivity index (χ1) is 18.9. The molecule has 1 atom stereocenters. The minimum Gasteiger partial charge on any atom is -0.489 e. The van der Waals surface area contributed by atoms with E-state index in [1.54, 1.807) is 37.8 Å². The number of nitrogens with zero attached hydrogens (tertiary/aromatic N) is 3. The van der Waals surface area contributed by atoms with E-state index in [0.29, 0.717) is 26.2 Å².